The minimum Gasteiger partial charge on any atom is -0.378 e. The van der Waals surface area contributed by atoms with Crippen LogP contribution in [-0.4, -0.2) is 16.9 Å². The first kappa shape index (κ1) is 7.28. The first-order valence-corrected chi connectivity index (χ1v) is 3.38. The van der Waals surface area contributed by atoms with Crippen molar-refractivity contribution in [2.24, 2.45) is 0 Å². The third-order valence-corrected chi connectivity index (χ3v) is 1.31. The van der Waals surface area contributed by atoms with Crippen LogP contribution in [0.3, 0.4) is 0 Å². The van der Waals surface area contributed by atoms with Crippen LogP contribution in [0.15, 0.2) is 12.3 Å². The summed E-state index contributed by atoms with van der Waals surface area (Å²) in [7, 11) is 1.67. The van der Waals surface area contributed by atoms with Crippen molar-refractivity contribution in [1.29, 1.82) is 0 Å². The van der Waals surface area contributed by atoms with Gasteiger partial charge in [-0.05, 0) is 13.0 Å². The van der Waals surface area contributed by atoms with Crippen LogP contribution in [0.2, 0.25) is 0 Å². The van der Waals surface area contributed by atoms with E-state index < -0.39 is 0 Å². The third kappa shape index (κ3) is 1.57. The number of hydrogen-bond acceptors (Lipinski definition) is 2. The molecule has 1 rings (SSSR count). The van der Waals surface area contributed by atoms with E-state index in [1.54, 1.807) is 7.11 Å². The lowest BCUT2D eigenvalue weighted by atomic mass is 10.5. The van der Waals surface area contributed by atoms with E-state index in [2.05, 4.69) is 12.0 Å². The highest BCUT2D eigenvalue weighted by molar-refractivity contribution is 4.96. The van der Waals surface area contributed by atoms with E-state index in [-0.39, 0.29) is 0 Å². The van der Waals surface area contributed by atoms with E-state index in [0.29, 0.717) is 6.61 Å². The highest BCUT2D eigenvalue weighted by atomic mass is 16.5. The van der Waals surface area contributed by atoms with Gasteiger partial charge in [0.2, 0.25) is 0 Å². The van der Waals surface area contributed by atoms with Crippen LogP contribution in [0, 0.1) is 0 Å². The molecule has 0 radical (unpaired) electrons. The van der Waals surface area contributed by atoms with Gasteiger partial charge in [-0.25, -0.2) is 0 Å². The average Bonchev–Trinajstić information content (AvgIpc) is 2.37. The van der Waals surface area contributed by atoms with Gasteiger partial charge < -0.3 is 4.74 Å². The molecule has 0 aliphatic carbocycles. The van der Waals surface area contributed by atoms with Gasteiger partial charge in [-0.3, -0.25) is 4.68 Å². The van der Waals surface area contributed by atoms with Gasteiger partial charge in [0, 0.05) is 19.9 Å². The molecule has 0 N–H and O–H groups in total. The molecular weight excluding hydrogens is 128 g/mol. The second-order valence-corrected chi connectivity index (χ2v) is 2.10. The highest BCUT2D eigenvalue weighted by Gasteiger charge is 1.94. The van der Waals surface area contributed by atoms with E-state index in [1.807, 2.05) is 16.9 Å². The topological polar surface area (TPSA) is 27.1 Å². The zero-order valence-corrected chi connectivity index (χ0v) is 6.37. The summed E-state index contributed by atoms with van der Waals surface area (Å²) in [6, 6.07) is 1.97. The van der Waals surface area contributed by atoms with Crippen molar-refractivity contribution in [3.05, 3.63) is 18.0 Å². The summed E-state index contributed by atoms with van der Waals surface area (Å²) in [5, 5.41) is 4.21. The molecule has 3 nitrogen and oxygen atoms in total. The zero-order valence-electron chi connectivity index (χ0n) is 6.37. The Balaban J connectivity index is 2.59. The van der Waals surface area contributed by atoms with Gasteiger partial charge in [0.25, 0.3) is 0 Å². The molecule has 0 aromatic carbocycles. The van der Waals surface area contributed by atoms with Gasteiger partial charge in [0.05, 0.1) is 12.3 Å². The first-order valence-electron chi connectivity index (χ1n) is 3.38. The van der Waals surface area contributed by atoms with Crippen LogP contribution in [0.4, 0.5) is 0 Å². The Labute approximate surface area is 60.6 Å². The van der Waals surface area contributed by atoms with Crippen LogP contribution in [0.5, 0.6) is 0 Å². The number of hydrogen-bond donors (Lipinski definition) is 0. The molecule has 10 heavy (non-hydrogen) atoms. The molecule has 0 saturated carbocycles. The smallest absolute Gasteiger partial charge is 0.0902 e. The van der Waals surface area contributed by atoms with Crippen molar-refractivity contribution in [1.82, 2.24) is 9.78 Å². The summed E-state index contributed by atoms with van der Waals surface area (Å²) in [6.07, 6.45) is 1.95. The second-order valence-electron chi connectivity index (χ2n) is 2.10. The second kappa shape index (κ2) is 3.37. The summed E-state index contributed by atoms with van der Waals surface area (Å²) in [5.41, 5.74) is 0.990. The summed E-state index contributed by atoms with van der Waals surface area (Å²) in [4.78, 5) is 0. The van der Waals surface area contributed by atoms with Crippen LogP contribution in [0.1, 0.15) is 12.6 Å². The van der Waals surface area contributed by atoms with E-state index in [4.69, 9.17) is 4.74 Å². The zero-order chi connectivity index (χ0) is 7.40. The molecule has 0 atom stereocenters. The van der Waals surface area contributed by atoms with Crippen LogP contribution in [-0.2, 0) is 17.9 Å². The number of rotatable bonds is 3. The van der Waals surface area contributed by atoms with Crippen LogP contribution >= 0.6 is 0 Å². The molecule has 0 aliphatic rings. The molecule has 0 aliphatic heterocycles. The Kier molecular flexibility index (Phi) is 2.45. The number of methoxy groups -OCH3 is 1. The molecule has 0 amide bonds. The number of ether oxygens (including phenoxy) is 1. The molecular formula is C7H12N2O. The van der Waals surface area contributed by atoms with Crippen molar-refractivity contribution < 1.29 is 4.74 Å². The van der Waals surface area contributed by atoms with Gasteiger partial charge >= 0.3 is 0 Å². The third-order valence-electron chi connectivity index (χ3n) is 1.31. The molecule has 0 unspecified atom stereocenters. The first-order chi connectivity index (χ1) is 4.86. The van der Waals surface area contributed by atoms with Crippen molar-refractivity contribution in [3.63, 3.8) is 0 Å². The lowest BCUT2D eigenvalue weighted by Crippen LogP contribution is -1.96. The normalized spacial score (nSPS) is 10.2. The quantitative estimate of drug-likeness (QED) is 0.627. The fourth-order valence-corrected chi connectivity index (χ4v) is 0.805. The highest BCUT2D eigenvalue weighted by Crippen LogP contribution is 1.96. The molecule has 3 heteroatoms. The number of aryl methyl sites for hydroxylation is 1. The Morgan fingerprint density at radius 2 is 2.50 bits per heavy atom. The molecule has 0 saturated heterocycles. The predicted molar refractivity (Wildman–Crippen MR) is 38.6 cm³/mol. The van der Waals surface area contributed by atoms with Gasteiger partial charge in [-0.15, -0.1) is 0 Å². The van der Waals surface area contributed by atoms with E-state index in [0.717, 1.165) is 12.2 Å². The Bertz CT molecular complexity index is 195. The van der Waals surface area contributed by atoms with E-state index in [1.165, 1.54) is 0 Å². The van der Waals surface area contributed by atoms with E-state index in [9.17, 15) is 0 Å². The minimum absolute atomic E-state index is 0.604. The van der Waals surface area contributed by atoms with Crippen molar-refractivity contribution in [2.75, 3.05) is 7.11 Å². The lowest BCUT2D eigenvalue weighted by molar-refractivity contribution is 0.180. The maximum atomic E-state index is 4.91. The SMILES string of the molecule is CCn1ccc(COC)n1. The molecule has 1 aromatic heterocycles. The van der Waals surface area contributed by atoms with Crippen molar-refractivity contribution in [2.45, 2.75) is 20.1 Å². The predicted octanol–water partition coefficient (Wildman–Crippen LogP) is 1.05. The van der Waals surface area contributed by atoms with Gasteiger partial charge in [0.15, 0.2) is 0 Å². The van der Waals surface area contributed by atoms with Gasteiger partial charge in [-0.2, -0.15) is 5.10 Å². The molecule has 56 valence electrons. The Morgan fingerprint density at radius 3 is 3.00 bits per heavy atom. The molecule has 0 fully saturated rings. The largest absolute Gasteiger partial charge is 0.378 e. The summed E-state index contributed by atoms with van der Waals surface area (Å²) in [6.45, 7) is 3.58. The number of nitrogens with zero attached hydrogens (tertiary/aromatic N) is 2. The lowest BCUT2D eigenvalue weighted by Gasteiger charge is -1.93. The fraction of sp³-hybridized carbons (Fsp3) is 0.571. The maximum Gasteiger partial charge on any atom is 0.0902 e. The fourth-order valence-electron chi connectivity index (χ4n) is 0.805. The summed E-state index contributed by atoms with van der Waals surface area (Å²) >= 11 is 0. The van der Waals surface area contributed by atoms with Crippen LogP contribution < -0.4 is 0 Å². The standard InChI is InChI=1S/C7H12N2O/c1-3-9-5-4-7(8-9)6-10-2/h4-5H,3,6H2,1-2H3. The summed E-state index contributed by atoms with van der Waals surface area (Å²) in [5.74, 6) is 0. The number of aromatic nitrogens is 2. The maximum absolute atomic E-state index is 4.91. The molecule has 1 heterocycles. The molecule has 1 aromatic rings. The average molecular weight is 140 g/mol. The summed E-state index contributed by atoms with van der Waals surface area (Å²) < 4.78 is 6.79. The van der Waals surface area contributed by atoms with Crippen molar-refractivity contribution >= 4 is 0 Å². The van der Waals surface area contributed by atoms with Crippen molar-refractivity contribution in [3.8, 4) is 0 Å². The Morgan fingerprint density at radius 1 is 1.70 bits per heavy atom. The molecule has 0 spiro atoms. The van der Waals surface area contributed by atoms with E-state index >= 15 is 0 Å². The monoisotopic (exact) mass is 140 g/mol. The Hall–Kier alpha value is -0.830. The molecule has 0 bridgehead atoms. The van der Waals surface area contributed by atoms with Gasteiger partial charge in [0.1, 0.15) is 0 Å². The minimum atomic E-state index is 0.604. The van der Waals surface area contributed by atoms with Gasteiger partial charge in [-0.1, -0.05) is 0 Å². The van der Waals surface area contributed by atoms with Crippen LogP contribution in [0.25, 0.3) is 0 Å².